The minimum Gasteiger partial charge on any atom is -0.377 e. The van der Waals surface area contributed by atoms with E-state index in [1.165, 1.54) is 12.1 Å². The van der Waals surface area contributed by atoms with E-state index < -0.39 is 10.8 Å². The van der Waals surface area contributed by atoms with Crippen molar-refractivity contribution in [2.75, 3.05) is 11.6 Å². The molecular formula is C14H19N3O3S. The first-order valence-electron chi connectivity index (χ1n) is 6.89. The number of carbonyl (C=O) groups is 1. The summed E-state index contributed by atoms with van der Waals surface area (Å²) in [6.45, 7) is 0. The summed E-state index contributed by atoms with van der Waals surface area (Å²) in [6, 6.07) is 4.56. The molecule has 1 aliphatic rings. The number of nitro groups is 1. The number of nitrogens with zero attached hydrogens (tertiary/aromatic N) is 1. The second kappa shape index (κ2) is 6.80. The molecule has 7 heteroatoms. The van der Waals surface area contributed by atoms with Crippen molar-refractivity contribution in [3.63, 3.8) is 0 Å². The van der Waals surface area contributed by atoms with Crippen molar-refractivity contribution in [2.24, 2.45) is 5.73 Å². The normalized spacial score (nSPS) is 21.8. The fourth-order valence-electron chi connectivity index (χ4n) is 2.62. The minimum atomic E-state index is -0.662. The third-order valence-corrected chi connectivity index (χ3v) is 4.98. The maximum Gasteiger partial charge on any atom is 0.293 e. The van der Waals surface area contributed by atoms with E-state index in [9.17, 15) is 14.9 Å². The van der Waals surface area contributed by atoms with E-state index in [-0.39, 0.29) is 17.3 Å². The third kappa shape index (κ3) is 3.87. The zero-order valence-electron chi connectivity index (χ0n) is 11.9. The second-order valence-corrected chi connectivity index (χ2v) is 6.35. The number of hydrogen-bond acceptors (Lipinski definition) is 5. The Labute approximate surface area is 127 Å². The number of nitrogens with one attached hydrogen (secondary N) is 1. The van der Waals surface area contributed by atoms with Crippen molar-refractivity contribution < 1.29 is 9.72 Å². The first-order chi connectivity index (χ1) is 10.0. The average molecular weight is 309 g/mol. The van der Waals surface area contributed by atoms with Crippen molar-refractivity contribution >= 4 is 29.0 Å². The first-order valence-corrected chi connectivity index (χ1v) is 8.17. The van der Waals surface area contributed by atoms with Gasteiger partial charge in [-0.25, -0.2) is 0 Å². The molecule has 1 amide bonds. The highest BCUT2D eigenvalue weighted by Crippen LogP contribution is 2.32. The standard InChI is InChI=1S/C14H19N3O3S/c1-21-11-5-3-10(4-6-11)16-12-7-2-9(14(15)18)8-13(12)17(19)20/h2,7-8,10-11,16H,3-6H2,1H3,(H2,15,18). The molecule has 1 aromatic carbocycles. The molecule has 114 valence electrons. The summed E-state index contributed by atoms with van der Waals surface area (Å²) >= 11 is 1.88. The Morgan fingerprint density at radius 1 is 1.38 bits per heavy atom. The monoisotopic (exact) mass is 309 g/mol. The Kier molecular flexibility index (Phi) is 5.06. The van der Waals surface area contributed by atoms with Gasteiger partial charge in [-0.05, 0) is 44.1 Å². The predicted octanol–water partition coefficient (Wildman–Crippen LogP) is 2.78. The van der Waals surface area contributed by atoms with Crippen LogP contribution in [0.3, 0.4) is 0 Å². The van der Waals surface area contributed by atoms with Gasteiger partial charge in [0.15, 0.2) is 0 Å². The van der Waals surface area contributed by atoms with Crippen LogP contribution < -0.4 is 11.1 Å². The highest BCUT2D eigenvalue weighted by atomic mass is 32.2. The van der Waals surface area contributed by atoms with E-state index in [0.29, 0.717) is 10.9 Å². The summed E-state index contributed by atoms with van der Waals surface area (Å²) in [4.78, 5) is 21.8. The molecule has 0 unspecified atom stereocenters. The van der Waals surface area contributed by atoms with Gasteiger partial charge in [-0.2, -0.15) is 11.8 Å². The van der Waals surface area contributed by atoms with Gasteiger partial charge in [0.1, 0.15) is 5.69 Å². The number of nitrogens with two attached hydrogens (primary N) is 1. The van der Waals surface area contributed by atoms with E-state index >= 15 is 0 Å². The van der Waals surface area contributed by atoms with Crippen molar-refractivity contribution in [1.82, 2.24) is 0 Å². The molecular weight excluding hydrogens is 290 g/mol. The lowest BCUT2D eigenvalue weighted by molar-refractivity contribution is -0.384. The molecule has 0 radical (unpaired) electrons. The summed E-state index contributed by atoms with van der Waals surface area (Å²) in [7, 11) is 0. The minimum absolute atomic E-state index is 0.0988. The topological polar surface area (TPSA) is 98.3 Å². The Bertz CT molecular complexity index is 542. The Balaban J connectivity index is 2.13. The van der Waals surface area contributed by atoms with Gasteiger partial charge in [0.05, 0.1) is 4.92 Å². The Morgan fingerprint density at radius 2 is 2.05 bits per heavy atom. The van der Waals surface area contributed by atoms with Crippen LogP contribution in [0.4, 0.5) is 11.4 Å². The number of primary amides is 1. The molecule has 6 nitrogen and oxygen atoms in total. The van der Waals surface area contributed by atoms with E-state index in [1.54, 1.807) is 6.07 Å². The molecule has 0 aliphatic heterocycles. The van der Waals surface area contributed by atoms with Gasteiger partial charge in [0.25, 0.3) is 5.69 Å². The summed E-state index contributed by atoms with van der Waals surface area (Å²) < 4.78 is 0. The van der Waals surface area contributed by atoms with Crippen LogP contribution in [-0.2, 0) is 0 Å². The molecule has 21 heavy (non-hydrogen) atoms. The lowest BCUT2D eigenvalue weighted by Crippen LogP contribution is -2.27. The van der Waals surface area contributed by atoms with Crippen molar-refractivity contribution in [3.8, 4) is 0 Å². The maximum absolute atomic E-state index is 11.1. The Hall–Kier alpha value is -1.76. The fourth-order valence-corrected chi connectivity index (χ4v) is 3.36. The second-order valence-electron chi connectivity index (χ2n) is 5.21. The predicted molar refractivity (Wildman–Crippen MR) is 84.8 cm³/mol. The zero-order chi connectivity index (χ0) is 15.4. The lowest BCUT2D eigenvalue weighted by atomic mass is 9.94. The molecule has 0 atom stereocenters. The van der Waals surface area contributed by atoms with Gasteiger partial charge < -0.3 is 11.1 Å². The third-order valence-electron chi connectivity index (χ3n) is 3.85. The summed E-state index contributed by atoms with van der Waals surface area (Å²) in [5.74, 6) is -0.662. The largest absolute Gasteiger partial charge is 0.377 e. The quantitative estimate of drug-likeness (QED) is 0.643. The first kappa shape index (κ1) is 15.6. The van der Waals surface area contributed by atoms with E-state index in [1.807, 2.05) is 11.8 Å². The van der Waals surface area contributed by atoms with Crippen LogP contribution in [0.2, 0.25) is 0 Å². The highest BCUT2D eigenvalue weighted by Gasteiger charge is 2.23. The van der Waals surface area contributed by atoms with Crippen LogP contribution in [0.5, 0.6) is 0 Å². The SMILES string of the molecule is CSC1CCC(Nc2ccc(C(N)=O)cc2[N+](=O)[O-])CC1. The van der Waals surface area contributed by atoms with Crippen LogP contribution in [0.1, 0.15) is 36.0 Å². The van der Waals surface area contributed by atoms with Crippen molar-refractivity contribution in [3.05, 3.63) is 33.9 Å². The summed E-state index contributed by atoms with van der Waals surface area (Å²) in [6.07, 6.45) is 6.35. The average Bonchev–Trinajstić information content (AvgIpc) is 2.48. The number of benzene rings is 1. The molecule has 2 rings (SSSR count). The molecule has 0 spiro atoms. The number of hydrogen-bond donors (Lipinski definition) is 2. The van der Waals surface area contributed by atoms with Crippen LogP contribution in [0.15, 0.2) is 18.2 Å². The fraction of sp³-hybridized carbons (Fsp3) is 0.500. The smallest absolute Gasteiger partial charge is 0.293 e. The molecule has 0 bridgehead atoms. The summed E-state index contributed by atoms with van der Waals surface area (Å²) in [5, 5.41) is 15.1. The van der Waals surface area contributed by atoms with Crippen LogP contribution >= 0.6 is 11.8 Å². The number of rotatable bonds is 5. The van der Waals surface area contributed by atoms with E-state index in [2.05, 4.69) is 11.6 Å². The van der Waals surface area contributed by atoms with Crippen LogP contribution in [0, 0.1) is 10.1 Å². The highest BCUT2D eigenvalue weighted by molar-refractivity contribution is 7.99. The number of thioether (sulfide) groups is 1. The van der Waals surface area contributed by atoms with Gasteiger partial charge >= 0.3 is 0 Å². The van der Waals surface area contributed by atoms with Gasteiger partial charge in [0, 0.05) is 22.9 Å². The molecule has 3 N–H and O–H groups in total. The van der Waals surface area contributed by atoms with Gasteiger partial charge in [-0.3, -0.25) is 14.9 Å². The van der Waals surface area contributed by atoms with Crippen molar-refractivity contribution in [2.45, 2.75) is 37.0 Å². The zero-order valence-corrected chi connectivity index (χ0v) is 12.7. The molecule has 1 saturated carbocycles. The van der Waals surface area contributed by atoms with Gasteiger partial charge in [-0.15, -0.1) is 0 Å². The van der Waals surface area contributed by atoms with Gasteiger partial charge in [-0.1, -0.05) is 0 Å². The molecule has 1 aromatic rings. The molecule has 1 fully saturated rings. The number of amides is 1. The lowest BCUT2D eigenvalue weighted by Gasteiger charge is -2.28. The van der Waals surface area contributed by atoms with Crippen LogP contribution in [-0.4, -0.2) is 28.4 Å². The van der Waals surface area contributed by atoms with Crippen LogP contribution in [0.25, 0.3) is 0 Å². The summed E-state index contributed by atoms with van der Waals surface area (Å²) in [5.41, 5.74) is 5.67. The van der Waals surface area contributed by atoms with E-state index in [4.69, 9.17) is 5.73 Å². The van der Waals surface area contributed by atoms with Gasteiger partial charge in [0.2, 0.25) is 5.91 Å². The van der Waals surface area contributed by atoms with Crippen molar-refractivity contribution in [1.29, 1.82) is 0 Å². The number of anilines is 1. The Morgan fingerprint density at radius 3 is 2.57 bits per heavy atom. The molecule has 0 aromatic heterocycles. The van der Waals surface area contributed by atoms with E-state index in [0.717, 1.165) is 25.7 Å². The molecule has 0 saturated heterocycles. The number of carbonyl (C=O) groups excluding carboxylic acids is 1. The molecule has 1 aliphatic carbocycles. The number of nitro benzene ring substituents is 1. The molecule has 0 heterocycles. The maximum atomic E-state index is 11.1.